The fourth-order valence-electron chi connectivity index (χ4n) is 4.32. The number of hydrogen-bond acceptors (Lipinski definition) is 7. The lowest BCUT2D eigenvalue weighted by atomic mass is 9.98. The molecule has 2 amide bonds. The monoisotopic (exact) mass is 561 g/mol. The Morgan fingerprint density at radius 2 is 1.64 bits per heavy atom. The second-order valence-corrected chi connectivity index (χ2v) is 11.3. The minimum atomic E-state index is -4.04. The van der Waals surface area contributed by atoms with Crippen LogP contribution in [-0.2, 0) is 19.6 Å². The van der Waals surface area contributed by atoms with E-state index in [1.54, 1.807) is 36.7 Å². The van der Waals surface area contributed by atoms with Crippen molar-refractivity contribution in [2.45, 2.75) is 37.1 Å². The number of fused-ring (bicyclic) bond motifs is 1. The maximum Gasteiger partial charge on any atom is 0.264 e. The van der Waals surface area contributed by atoms with E-state index >= 15 is 0 Å². The van der Waals surface area contributed by atoms with Gasteiger partial charge in [-0.1, -0.05) is 47.5 Å². The van der Waals surface area contributed by atoms with E-state index in [1.807, 2.05) is 42.0 Å². The van der Waals surface area contributed by atoms with Gasteiger partial charge in [-0.2, -0.15) is 5.10 Å². The van der Waals surface area contributed by atoms with Crippen LogP contribution in [0, 0.1) is 6.92 Å². The first-order chi connectivity index (χ1) is 18.7. The van der Waals surface area contributed by atoms with E-state index in [0.717, 1.165) is 22.2 Å². The Bertz CT molecular complexity index is 1690. The van der Waals surface area contributed by atoms with Crippen LogP contribution in [0.1, 0.15) is 42.0 Å². The fourth-order valence-corrected chi connectivity index (χ4v) is 5.46. The summed E-state index contributed by atoms with van der Waals surface area (Å²) in [6.45, 7) is 1.83. The number of hydrogen-bond donors (Lipinski definition) is 1. The molecule has 1 aromatic heterocycles. The van der Waals surface area contributed by atoms with Gasteiger partial charge in [0.1, 0.15) is 0 Å². The summed E-state index contributed by atoms with van der Waals surface area (Å²) in [4.78, 5) is 34.5. The van der Waals surface area contributed by atoms with Crippen molar-refractivity contribution in [1.29, 1.82) is 0 Å². The van der Waals surface area contributed by atoms with Crippen LogP contribution in [0.15, 0.2) is 89.1 Å². The third-order valence-corrected chi connectivity index (χ3v) is 8.01. The molecule has 0 saturated heterocycles. The molecule has 1 unspecified atom stereocenters. The molecule has 0 fully saturated rings. The first kappa shape index (κ1) is 26.5. The van der Waals surface area contributed by atoms with Crippen molar-refractivity contribution >= 4 is 50.2 Å². The average molecular weight is 562 g/mol. The quantitative estimate of drug-likeness (QED) is 0.353. The number of halogens is 1. The summed E-state index contributed by atoms with van der Waals surface area (Å²) >= 11 is 6.04. The highest BCUT2D eigenvalue weighted by Crippen LogP contribution is 2.34. The largest absolute Gasteiger partial charge is 0.274 e. The lowest BCUT2D eigenvalue weighted by molar-refractivity contribution is -0.134. The molecule has 198 valence electrons. The number of carbonyl (C=O) groups is 2. The van der Waals surface area contributed by atoms with Gasteiger partial charge in [0, 0.05) is 36.7 Å². The van der Waals surface area contributed by atoms with Crippen LogP contribution in [0.2, 0.25) is 5.02 Å². The van der Waals surface area contributed by atoms with E-state index in [2.05, 4.69) is 15.1 Å². The Hall–Kier alpha value is -4.15. The van der Waals surface area contributed by atoms with Gasteiger partial charge in [0.15, 0.2) is 0 Å². The third kappa shape index (κ3) is 5.97. The van der Waals surface area contributed by atoms with Crippen LogP contribution in [-0.4, -0.2) is 40.9 Å². The summed E-state index contributed by atoms with van der Waals surface area (Å²) in [5.74, 6) is -1.19. The number of amides is 2. The predicted octanol–water partition coefficient (Wildman–Crippen LogP) is 4.55. The van der Waals surface area contributed by atoms with E-state index < -0.39 is 27.9 Å². The van der Waals surface area contributed by atoms with Crippen molar-refractivity contribution in [2.75, 3.05) is 0 Å². The molecule has 1 aliphatic heterocycles. The molecular formula is C28H24ClN5O4S. The van der Waals surface area contributed by atoms with E-state index in [4.69, 9.17) is 11.6 Å². The summed E-state index contributed by atoms with van der Waals surface area (Å²) in [6.07, 6.45) is 3.10. The number of carbonyl (C=O) groups excluding carboxylic acids is 2. The average Bonchev–Trinajstić information content (AvgIpc) is 3.37. The molecule has 0 bridgehead atoms. The van der Waals surface area contributed by atoms with Crippen LogP contribution in [0.4, 0.5) is 0 Å². The highest BCUT2D eigenvalue weighted by molar-refractivity contribution is 7.90. The maximum absolute atomic E-state index is 13.3. The minimum absolute atomic E-state index is 0.0241. The number of sulfonamides is 1. The highest BCUT2D eigenvalue weighted by atomic mass is 35.5. The first-order valence-corrected chi connectivity index (χ1v) is 14.0. The number of rotatable bonds is 7. The molecule has 9 nitrogen and oxygen atoms in total. The van der Waals surface area contributed by atoms with Gasteiger partial charge in [-0.3, -0.25) is 19.6 Å². The zero-order chi connectivity index (χ0) is 27.6. The molecule has 39 heavy (non-hydrogen) atoms. The number of hydrazone groups is 1. The molecule has 1 atom stereocenters. The Labute approximate surface area is 230 Å². The molecule has 11 heteroatoms. The summed E-state index contributed by atoms with van der Waals surface area (Å²) < 4.78 is 27.1. The van der Waals surface area contributed by atoms with Crippen LogP contribution >= 0.6 is 11.6 Å². The SMILES string of the molecule is Cc1ccc(S(=O)(=O)NC(=O)CCC(=O)N2N=C(c3ccc(Cl)cc3)CC2c2ccc3nccnc3c2)cc1. The van der Waals surface area contributed by atoms with E-state index in [-0.39, 0.29) is 17.7 Å². The van der Waals surface area contributed by atoms with Crippen molar-refractivity contribution in [1.82, 2.24) is 19.7 Å². The van der Waals surface area contributed by atoms with Gasteiger partial charge >= 0.3 is 0 Å². The van der Waals surface area contributed by atoms with Crippen molar-refractivity contribution in [3.8, 4) is 0 Å². The molecule has 0 aliphatic carbocycles. The number of nitrogens with one attached hydrogen (secondary N) is 1. The van der Waals surface area contributed by atoms with Gasteiger partial charge in [0.25, 0.3) is 10.0 Å². The maximum atomic E-state index is 13.3. The highest BCUT2D eigenvalue weighted by Gasteiger charge is 2.33. The summed E-state index contributed by atoms with van der Waals surface area (Å²) in [6, 6.07) is 18.5. The van der Waals surface area contributed by atoms with Gasteiger partial charge in [-0.25, -0.2) is 18.1 Å². The molecule has 3 aromatic carbocycles. The Morgan fingerprint density at radius 3 is 2.36 bits per heavy atom. The van der Waals surface area contributed by atoms with Crippen LogP contribution in [0.5, 0.6) is 0 Å². The lowest BCUT2D eigenvalue weighted by Gasteiger charge is -2.22. The van der Waals surface area contributed by atoms with Crippen LogP contribution in [0.25, 0.3) is 11.0 Å². The zero-order valence-corrected chi connectivity index (χ0v) is 22.5. The van der Waals surface area contributed by atoms with Crippen molar-refractivity contribution in [2.24, 2.45) is 5.10 Å². The Balaban J connectivity index is 1.34. The number of benzene rings is 3. The number of nitrogens with zero attached hydrogens (tertiary/aromatic N) is 4. The molecule has 0 spiro atoms. The smallest absolute Gasteiger partial charge is 0.264 e. The molecular weight excluding hydrogens is 538 g/mol. The van der Waals surface area contributed by atoms with Gasteiger partial charge in [0.05, 0.1) is 27.7 Å². The number of aryl methyl sites for hydroxylation is 1. The van der Waals surface area contributed by atoms with E-state index in [1.165, 1.54) is 17.1 Å². The second-order valence-electron chi connectivity index (χ2n) is 9.16. The van der Waals surface area contributed by atoms with Crippen LogP contribution < -0.4 is 4.72 Å². The summed E-state index contributed by atoms with van der Waals surface area (Å²) in [5, 5.41) is 6.55. The molecule has 0 saturated carbocycles. The Morgan fingerprint density at radius 1 is 0.949 bits per heavy atom. The molecule has 5 rings (SSSR count). The lowest BCUT2D eigenvalue weighted by Crippen LogP contribution is -2.32. The summed E-state index contributed by atoms with van der Waals surface area (Å²) in [5.41, 5.74) is 4.63. The molecule has 1 aliphatic rings. The zero-order valence-electron chi connectivity index (χ0n) is 20.9. The summed E-state index contributed by atoms with van der Waals surface area (Å²) in [7, 11) is -4.04. The molecule has 4 aromatic rings. The normalized spacial score (nSPS) is 15.3. The van der Waals surface area contributed by atoms with Crippen LogP contribution in [0.3, 0.4) is 0 Å². The fraction of sp³-hybridized carbons (Fsp3) is 0.179. The second kappa shape index (κ2) is 10.9. The molecule has 1 N–H and O–H groups in total. The first-order valence-electron chi connectivity index (χ1n) is 12.2. The van der Waals surface area contributed by atoms with E-state index in [9.17, 15) is 18.0 Å². The molecule has 2 heterocycles. The minimum Gasteiger partial charge on any atom is -0.274 e. The Kier molecular flexibility index (Phi) is 7.40. The standard InChI is InChI=1S/C28H24ClN5O4S/c1-18-2-9-22(10-3-18)39(37,38)33-27(35)12-13-28(36)34-26(17-24(32-34)19-4-7-21(29)8-5-19)20-6-11-23-25(16-20)31-15-14-30-23/h2-11,14-16,26H,12-13,17H2,1H3,(H,33,35). The van der Waals surface area contributed by atoms with Gasteiger partial charge in [-0.15, -0.1) is 0 Å². The van der Waals surface area contributed by atoms with Crippen molar-refractivity contribution < 1.29 is 18.0 Å². The van der Waals surface area contributed by atoms with Crippen molar-refractivity contribution in [3.05, 3.63) is 101 Å². The van der Waals surface area contributed by atoms with E-state index in [0.29, 0.717) is 22.7 Å². The predicted molar refractivity (Wildman–Crippen MR) is 147 cm³/mol. The topological polar surface area (TPSA) is 122 Å². The third-order valence-electron chi connectivity index (χ3n) is 6.37. The van der Waals surface area contributed by atoms with Gasteiger partial charge < -0.3 is 0 Å². The molecule has 0 radical (unpaired) electrons. The number of aromatic nitrogens is 2. The van der Waals surface area contributed by atoms with Gasteiger partial charge in [0.2, 0.25) is 11.8 Å². The van der Waals surface area contributed by atoms with Crippen molar-refractivity contribution in [3.63, 3.8) is 0 Å². The van der Waals surface area contributed by atoms with Gasteiger partial charge in [-0.05, 0) is 54.4 Å².